The Morgan fingerprint density at radius 1 is 0.853 bits per heavy atom. The van der Waals surface area contributed by atoms with Crippen LogP contribution >= 0.6 is 0 Å². The van der Waals surface area contributed by atoms with Gasteiger partial charge in [0.15, 0.2) is 17.2 Å². The van der Waals surface area contributed by atoms with Crippen LogP contribution in [0, 0.1) is 0 Å². The fourth-order valence-corrected chi connectivity index (χ4v) is 2.90. The quantitative estimate of drug-likeness (QED) is 0.201. The number of aromatic hydroxyl groups is 3. The lowest BCUT2D eigenvalue weighted by molar-refractivity contribution is 0.0950. The van der Waals surface area contributed by atoms with E-state index in [1.54, 1.807) is 31.2 Å². The maximum absolute atomic E-state index is 12.4. The van der Waals surface area contributed by atoms with Crippen molar-refractivity contribution in [2.45, 2.75) is 13.5 Å². The SMILES string of the molecule is CCOC(=O)Oc1ccc(C(=O)NCc2cccc(NC(=O)c3cc(O)c(O)c(O)c3)c2)cc1. The maximum Gasteiger partial charge on any atom is 0.513 e. The van der Waals surface area contributed by atoms with Crippen LogP contribution in [-0.4, -0.2) is 39.9 Å². The number of hydrogen-bond acceptors (Lipinski definition) is 8. The topological polar surface area (TPSA) is 154 Å². The van der Waals surface area contributed by atoms with Crippen molar-refractivity contribution >= 4 is 23.7 Å². The smallest absolute Gasteiger partial charge is 0.504 e. The highest BCUT2D eigenvalue weighted by Gasteiger charge is 2.14. The summed E-state index contributed by atoms with van der Waals surface area (Å²) in [5.74, 6) is -2.68. The zero-order valence-corrected chi connectivity index (χ0v) is 18.1. The van der Waals surface area contributed by atoms with E-state index < -0.39 is 29.3 Å². The lowest BCUT2D eigenvalue weighted by Crippen LogP contribution is -2.22. The Labute approximate surface area is 194 Å². The number of phenols is 3. The summed E-state index contributed by atoms with van der Waals surface area (Å²) in [6, 6.07) is 14.7. The molecule has 0 heterocycles. The van der Waals surface area contributed by atoms with Gasteiger partial charge in [-0.15, -0.1) is 0 Å². The molecule has 0 radical (unpaired) electrons. The van der Waals surface area contributed by atoms with E-state index in [1.807, 2.05) is 0 Å². The summed E-state index contributed by atoms with van der Waals surface area (Å²) in [6.07, 6.45) is -0.828. The molecule has 0 aliphatic rings. The molecule has 0 bridgehead atoms. The Bertz CT molecular complexity index is 1180. The molecule has 3 aromatic carbocycles. The van der Waals surface area contributed by atoms with Gasteiger partial charge in [0.2, 0.25) is 0 Å². The highest BCUT2D eigenvalue weighted by atomic mass is 16.7. The summed E-state index contributed by atoms with van der Waals surface area (Å²) in [4.78, 5) is 36.1. The first kappa shape index (κ1) is 23.9. The lowest BCUT2D eigenvalue weighted by atomic mass is 10.1. The van der Waals surface area contributed by atoms with Gasteiger partial charge < -0.3 is 35.4 Å². The largest absolute Gasteiger partial charge is 0.513 e. The molecule has 34 heavy (non-hydrogen) atoms. The Kier molecular flexibility index (Phi) is 7.55. The zero-order valence-electron chi connectivity index (χ0n) is 18.1. The lowest BCUT2D eigenvalue weighted by Gasteiger charge is -2.10. The second kappa shape index (κ2) is 10.7. The summed E-state index contributed by atoms with van der Waals surface area (Å²) < 4.78 is 9.63. The molecule has 2 amide bonds. The molecule has 0 unspecified atom stereocenters. The van der Waals surface area contributed by atoms with E-state index in [4.69, 9.17) is 4.74 Å². The minimum absolute atomic E-state index is 0.0538. The van der Waals surface area contributed by atoms with Gasteiger partial charge in [-0.25, -0.2) is 4.79 Å². The summed E-state index contributed by atoms with van der Waals surface area (Å²) in [6.45, 7) is 2.02. The normalized spacial score (nSPS) is 10.3. The van der Waals surface area contributed by atoms with E-state index in [0.29, 0.717) is 16.8 Å². The third-order valence-corrected chi connectivity index (χ3v) is 4.55. The molecule has 0 atom stereocenters. The van der Waals surface area contributed by atoms with Crippen LogP contribution in [0.25, 0.3) is 0 Å². The minimum Gasteiger partial charge on any atom is -0.504 e. The van der Waals surface area contributed by atoms with Crippen molar-refractivity contribution in [1.82, 2.24) is 5.32 Å². The predicted octanol–water partition coefficient (Wildman–Crippen LogP) is 3.52. The second-order valence-electron chi connectivity index (χ2n) is 7.01. The van der Waals surface area contributed by atoms with E-state index in [1.165, 1.54) is 24.3 Å². The third-order valence-electron chi connectivity index (χ3n) is 4.55. The Hall–Kier alpha value is -4.73. The van der Waals surface area contributed by atoms with Crippen molar-refractivity contribution in [2.24, 2.45) is 0 Å². The fourth-order valence-electron chi connectivity index (χ4n) is 2.90. The standard InChI is InChI=1S/C24H22N2O8/c1-2-33-24(32)34-18-8-6-15(7-9-18)22(30)25-13-14-4-3-5-17(10-14)26-23(31)16-11-19(27)21(29)20(28)12-16/h3-12,27-29H,2,13H2,1H3,(H,25,30)(H,26,31). The molecule has 3 rings (SSSR count). The number of carbonyl (C=O) groups excluding carboxylic acids is 3. The van der Waals surface area contributed by atoms with Crippen molar-refractivity contribution in [3.8, 4) is 23.0 Å². The zero-order chi connectivity index (χ0) is 24.7. The first-order valence-corrected chi connectivity index (χ1v) is 10.1. The fraction of sp³-hybridized carbons (Fsp3) is 0.125. The molecule has 0 saturated carbocycles. The Morgan fingerprint density at radius 2 is 1.53 bits per heavy atom. The molecule has 0 spiro atoms. The number of amides is 2. The average Bonchev–Trinajstić information content (AvgIpc) is 2.81. The van der Waals surface area contributed by atoms with Gasteiger partial charge in [0.25, 0.3) is 11.8 Å². The van der Waals surface area contributed by atoms with E-state index in [0.717, 1.165) is 12.1 Å². The van der Waals surface area contributed by atoms with E-state index in [2.05, 4.69) is 15.4 Å². The van der Waals surface area contributed by atoms with Crippen molar-refractivity contribution in [3.63, 3.8) is 0 Å². The number of nitrogens with one attached hydrogen (secondary N) is 2. The third kappa shape index (κ3) is 6.16. The molecular weight excluding hydrogens is 444 g/mol. The molecule has 0 saturated heterocycles. The number of phenolic OH excluding ortho intramolecular Hbond substituents is 3. The first-order chi connectivity index (χ1) is 16.3. The van der Waals surface area contributed by atoms with E-state index >= 15 is 0 Å². The van der Waals surface area contributed by atoms with Crippen LogP contribution in [0.1, 0.15) is 33.2 Å². The van der Waals surface area contributed by atoms with E-state index in [-0.39, 0.29) is 30.4 Å². The number of ether oxygens (including phenoxy) is 2. The van der Waals surface area contributed by atoms with Crippen LogP contribution in [0.15, 0.2) is 60.7 Å². The van der Waals surface area contributed by atoms with E-state index in [9.17, 15) is 29.7 Å². The number of rotatable bonds is 7. The molecule has 0 aliphatic heterocycles. The molecule has 0 fully saturated rings. The van der Waals surface area contributed by atoms with Crippen LogP contribution in [0.2, 0.25) is 0 Å². The highest BCUT2D eigenvalue weighted by molar-refractivity contribution is 6.05. The number of benzene rings is 3. The predicted molar refractivity (Wildman–Crippen MR) is 121 cm³/mol. The Morgan fingerprint density at radius 3 is 2.18 bits per heavy atom. The molecule has 176 valence electrons. The first-order valence-electron chi connectivity index (χ1n) is 10.1. The van der Waals surface area contributed by atoms with Crippen molar-refractivity contribution in [3.05, 3.63) is 77.4 Å². The van der Waals surface area contributed by atoms with Gasteiger partial charge in [-0.1, -0.05) is 12.1 Å². The van der Waals surface area contributed by atoms with Gasteiger partial charge >= 0.3 is 6.16 Å². The summed E-state index contributed by atoms with van der Waals surface area (Å²) in [7, 11) is 0. The van der Waals surface area contributed by atoms with Crippen molar-refractivity contribution in [1.29, 1.82) is 0 Å². The molecule has 10 nitrogen and oxygen atoms in total. The number of carbonyl (C=O) groups is 3. The maximum atomic E-state index is 12.4. The second-order valence-corrected chi connectivity index (χ2v) is 7.01. The molecular formula is C24H22N2O8. The molecule has 0 aromatic heterocycles. The van der Waals surface area contributed by atoms with Crippen molar-refractivity contribution < 1.29 is 39.2 Å². The van der Waals surface area contributed by atoms with Crippen molar-refractivity contribution in [2.75, 3.05) is 11.9 Å². The number of hydrogen-bond donors (Lipinski definition) is 5. The van der Waals surface area contributed by atoms with Gasteiger partial charge in [0.1, 0.15) is 5.75 Å². The molecule has 10 heteroatoms. The van der Waals surface area contributed by atoms with Gasteiger partial charge in [-0.3, -0.25) is 9.59 Å². The molecule has 5 N–H and O–H groups in total. The monoisotopic (exact) mass is 466 g/mol. The van der Waals surface area contributed by atoms with Crippen LogP contribution < -0.4 is 15.4 Å². The molecule has 3 aromatic rings. The van der Waals surface area contributed by atoms with Gasteiger partial charge in [0, 0.05) is 23.4 Å². The summed E-state index contributed by atoms with van der Waals surface area (Å²) in [5.41, 5.74) is 1.42. The van der Waals surface area contributed by atoms with Crippen LogP contribution in [0.5, 0.6) is 23.0 Å². The highest BCUT2D eigenvalue weighted by Crippen LogP contribution is 2.35. The Balaban J connectivity index is 1.58. The van der Waals surface area contributed by atoms with Crippen LogP contribution in [0.4, 0.5) is 10.5 Å². The van der Waals surface area contributed by atoms with Gasteiger partial charge in [0.05, 0.1) is 6.61 Å². The van der Waals surface area contributed by atoms with Crippen LogP contribution in [0.3, 0.4) is 0 Å². The van der Waals surface area contributed by atoms with Crippen LogP contribution in [-0.2, 0) is 11.3 Å². The summed E-state index contributed by atoms with van der Waals surface area (Å²) in [5, 5.41) is 33.9. The van der Waals surface area contributed by atoms with Gasteiger partial charge in [-0.05, 0) is 61.0 Å². The van der Waals surface area contributed by atoms with Gasteiger partial charge in [-0.2, -0.15) is 0 Å². The number of anilines is 1. The summed E-state index contributed by atoms with van der Waals surface area (Å²) >= 11 is 0. The molecule has 0 aliphatic carbocycles. The minimum atomic E-state index is -0.828. The average molecular weight is 466 g/mol.